The van der Waals surface area contributed by atoms with Crippen LogP contribution in [0.4, 0.5) is 0 Å². The molecular weight excluding hydrogens is 256 g/mol. The Balaban J connectivity index is 1.64. The molecule has 4 heteroatoms. The number of hydrogen-bond acceptors (Lipinski definition) is 4. The van der Waals surface area contributed by atoms with Crippen LogP contribution in [0.15, 0.2) is 0 Å². The summed E-state index contributed by atoms with van der Waals surface area (Å²) in [4.78, 5) is 2.27. The van der Waals surface area contributed by atoms with Crippen LogP contribution in [0.5, 0.6) is 0 Å². The lowest BCUT2D eigenvalue weighted by Crippen LogP contribution is -2.49. The summed E-state index contributed by atoms with van der Waals surface area (Å²) in [5.74, 6) is 2.57. The summed E-state index contributed by atoms with van der Waals surface area (Å²) in [6, 6.07) is 0.691. The number of ether oxygens (including phenoxy) is 1. The van der Waals surface area contributed by atoms with Gasteiger partial charge in [0.1, 0.15) is 0 Å². The van der Waals surface area contributed by atoms with Crippen LogP contribution in [-0.2, 0) is 4.74 Å². The van der Waals surface area contributed by atoms with Crippen LogP contribution in [0, 0.1) is 0 Å². The summed E-state index contributed by atoms with van der Waals surface area (Å²) in [6.07, 6.45) is 7.54. The molecule has 2 fully saturated rings. The van der Waals surface area contributed by atoms with Crippen molar-refractivity contribution in [3.05, 3.63) is 0 Å². The van der Waals surface area contributed by atoms with E-state index in [0.29, 0.717) is 6.04 Å². The third-order valence-corrected chi connectivity index (χ3v) is 5.35. The van der Waals surface area contributed by atoms with Crippen LogP contribution in [0.25, 0.3) is 0 Å². The summed E-state index contributed by atoms with van der Waals surface area (Å²) in [5, 5.41) is 3.76. The fourth-order valence-corrected chi connectivity index (χ4v) is 4.39. The molecule has 2 aliphatic heterocycles. The zero-order chi connectivity index (χ0) is 13.6. The largest absolute Gasteiger partial charge is 0.375 e. The van der Waals surface area contributed by atoms with Gasteiger partial charge in [0.25, 0.3) is 0 Å². The van der Waals surface area contributed by atoms with Crippen molar-refractivity contribution in [1.29, 1.82) is 0 Å². The minimum absolute atomic E-state index is 0.227. The van der Waals surface area contributed by atoms with Crippen molar-refractivity contribution in [2.45, 2.75) is 50.2 Å². The molecule has 0 radical (unpaired) electrons. The van der Waals surface area contributed by atoms with Gasteiger partial charge in [0.2, 0.25) is 0 Å². The highest BCUT2D eigenvalue weighted by molar-refractivity contribution is 7.99. The molecule has 2 saturated heterocycles. The number of thioether (sulfide) groups is 1. The minimum atomic E-state index is 0.227. The molecule has 19 heavy (non-hydrogen) atoms. The normalized spacial score (nSPS) is 27.0. The second-order valence-corrected chi connectivity index (χ2v) is 7.52. The van der Waals surface area contributed by atoms with Crippen molar-refractivity contribution >= 4 is 11.8 Å². The molecular formula is C15H30N2OS. The first-order chi connectivity index (χ1) is 9.20. The summed E-state index contributed by atoms with van der Waals surface area (Å²) >= 11 is 2.09. The molecule has 112 valence electrons. The standard InChI is InChI=1S/C15H30N2OS/c1-17(2)9-4-3-8-16-14-5-10-18-15(13-14)6-11-19-12-7-15/h14,16H,3-13H2,1-2H3. The van der Waals surface area contributed by atoms with Crippen molar-refractivity contribution in [2.75, 3.05) is 45.3 Å². The predicted octanol–water partition coefficient (Wildman–Crippen LogP) is 2.36. The summed E-state index contributed by atoms with van der Waals surface area (Å²) in [5.41, 5.74) is 0.227. The lowest BCUT2D eigenvalue weighted by molar-refractivity contribution is -0.0930. The maximum atomic E-state index is 6.14. The van der Waals surface area contributed by atoms with Gasteiger partial charge in [-0.25, -0.2) is 0 Å². The molecule has 3 nitrogen and oxygen atoms in total. The second kappa shape index (κ2) is 7.87. The molecule has 0 saturated carbocycles. The van der Waals surface area contributed by atoms with Gasteiger partial charge in [-0.2, -0.15) is 11.8 Å². The SMILES string of the molecule is CN(C)CCCCNC1CCOC2(CCSCC2)C1. The Bertz CT molecular complexity index is 249. The van der Waals surface area contributed by atoms with Crippen LogP contribution in [0.1, 0.15) is 38.5 Å². The Morgan fingerprint density at radius 1 is 1.26 bits per heavy atom. The van der Waals surface area contributed by atoms with E-state index in [1.807, 2.05) is 0 Å². The van der Waals surface area contributed by atoms with Crippen LogP contribution >= 0.6 is 11.8 Å². The first kappa shape index (κ1) is 15.6. The molecule has 0 aromatic carbocycles. The highest BCUT2D eigenvalue weighted by atomic mass is 32.2. The highest BCUT2D eigenvalue weighted by Crippen LogP contribution is 2.37. The zero-order valence-electron chi connectivity index (χ0n) is 12.6. The molecule has 1 atom stereocenters. The number of nitrogens with zero attached hydrogens (tertiary/aromatic N) is 1. The Kier molecular flexibility index (Phi) is 6.46. The number of nitrogens with one attached hydrogen (secondary N) is 1. The van der Waals surface area contributed by atoms with E-state index < -0.39 is 0 Å². The lowest BCUT2D eigenvalue weighted by atomic mass is 9.85. The first-order valence-corrected chi connectivity index (χ1v) is 8.95. The Labute approximate surface area is 122 Å². The molecule has 1 spiro atoms. The quantitative estimate of drug-likeness (QED) is 0.758. The van der Waals surface area contributed by atoms with Crippen molar-refractivity contribution in [1.82, 2.24) is 10.2 Å². The van der Waals surface area contributed by atoms with Gasteiger partial charge in [0, 0.05) is 12.6 Å². The van der Waals surface area contributed by atoms with Gasteiger partial charge < -0.3 is 15.0 Å². The molecule has 1 unspecified atom stereocenters. The van der Waals surface area contributed by atoms with E-state index in [2.05, 4.69) is 36.1 Å². The van der Waals surface area contributed by atoms with Crippen LogP contribution in [0.3, 0.4) is 0 Å². The summed E-state index contributed by atoms with van der Waals surface area (Å²) in [7, 11) is 4.30. The highest BCUT2D eigenvalue weighted by Gasteiger charge is 2.38. The predicted molar refractivity (Wildman–Crippen MR) is 84.1 cm³/mol. The van der Waals surface area contributed by atoms with E-state index in [1.54, 1.807) is 0 Å². The van der Waals surface area contributed by atoms with Gasteiger partial charge in [-0.3, -0.25) is 0 Å². The number of hydrogen-bond donors (Lipinski definition) is 1. The average molecular weight is 286 g/mol. The Morgan fingerprint density at radius 2 is 2.05 bits per heavy atom. The molecule has 0 aromatic heterocycles. The maximum Gasteiger partial charge on any atom is 0.0713 e. The van der Waals surface area contributed by atoms with Gasteiger partial charge in [-0.1, -0.05) is 0 Å². The first-order valence-electron chi connectivity index (χ1n) is 7.80. The zero-order valence-corrected chi connectivity index (χ0v) is 13.4. The van der Waals surface area contributed by atoms with Crippen molar-refractivity contribution in [2.24, 2.45) is 0 Å². The van der Waals surface area contributed by atoms with Crippen molar-refractivity contribution in [3.63, 3.8) is 0 Å². The van der Waals surface area contributed by atoms with Crippen LogP contribution < -0.4 is 5.32 Å². The molecule has 0 amide bonds. The van der Waals surface area contributed by atoms with Crippen molar-refractivity contribution < 1.29 is 4.74 Å². The lowest BCUT2D eigenvalue weighted by Gasteiger charge is -2.43. The monoisotopic (exact) mass is 286 g/mol. The fraction of sp³-hybridized carbons (Fsp3) is 1.00. The number of unbranched alkanes of at least 4 members (excludes halogenated alkanes) is 1. The third kappa shape index (κ3) is 5.25. The topological polar surface area (TPSA) is 24.5 Å². The maximum absolute atomic E-state index is 6.14. The Morgan fingerprint density at radius 3 is 2.79 bits per heavy atom. The molecule has 2 heterocycles. The van der Waals surface area contributed by atoms with Gasteiger partial charge in [-0.05, 0) is 77.2 Å². The average Bonchev–Trinajstić information content (AvgIpc) is 2.39. The summed E-state index contributed by atoms with van der Waals surface area (Å²) in [6.45, 7) is 3.33. The van der Waals surface area contributed by atoms with E-state index in [1.165, 1.54) is 63.1 Å². The minimum Gasteiger partial charge on any atom is -0.375 e. The van der Waals surface area contributed by atoms with E-state index in [4.69, 9.17) is 4.74 Å². The van der Waals surface area contributed by atoms with E-state index in [0.717, 1.165) is 6.61 Å². The van der Waals surface area contributed by atoms with Crippen LogP contribution in [0.2, 0.25) is 0 Å². The fourth-order valence-electron chi connectivity index (χ4n) is 3.15. The van der Waals surface area contributed by atoms with Gasteiger partial charge in [0.05, 0.1) is 5.60 Å². The molecule has 1 N–H and O–H groups in total. The third-order valence-electron chi connectivity index (χ3n) is 4.36. The second-order valence-electron chi connectivity index (χ2n) is 6.30. The van der Waals surface area contributed by atoms with E-state index in [-0.39, 0.29) is 5.60 Å². The van der Waals surface area contributed by atoms with Gasteiger partial charge in [0.15, 0.2) is 0 Å². The molecule has 0 bridgehead atoms. The van der Waals surface area contributed by atoms with Crippen molar-refractivity contribution in [3.8, 4) is 0 Å². The van der Waals surface area contributed by atoms with E-state index >= 15 is 0 Å². The van der Waals surface area contributed by atoms with E-state index in [9.17, 15) is 0 Å². The molecule has 0 aromatic rings. The Hall–Kier alpha value is 0.230. The summed E-state index contributed by atoms with van der Waals surface area (Å²) < 4.78 is 6.14. The number of rotatable bonds is 6. The van der Waals surface area contributed by atoms with Gasteiger partial charge >= 0.3 is 0 Å². The molecule has 0 aliphatic carbocycles. The van der Waals surface area contributed by atoms with Crippen LogP contribution in [-0.4, -0.2) is 61.8 Å². The van der Waals surface area contributed by atoms with Gasteiger partial charge in [-0.15, -0.1) is 0 Å². The molecule has 2 rings (SSSR count). The molecule has 2 aliphatic rings. The smallest absolute Gasteiger partial charge is 0.0713 e.